The maximum absolute atomic E-state index is 12.4. The summed E-state index contributed by atoms with van der Waals surface area (Å²) in [4.78, 5) is 11.1. The van der Waals surface area contributed by atoms with Gasteiger partial charge in [0, 0.05) is 42.0 Å². The first-order valence-corrected chi connectivity index (χ1v) is 10.1. The van der Waals surface area contributed by atoms with Crippen LogP contribution in [0.15, 0.2) is 79.4 Å². The van der Waals surface area contributed by atoms with Crippen molar-refractivity contribution in [3.8, 4) is 0 Å². The number of rotatable bonds is 7. The van der Waals surface area contributed by atoms with Gasteiger partial charge in [-0.2, -0.15) is 0 Å². The highest BCUT2D eigenvalue weighted by Crippen LogP contribution is 2.46. The van der Waals surface area contributed by atoms with E-state index in [2.05, 4.69) is 33.9 Å². The van der Waals surface area contributed by atoms with Crippen molar-refractivity contribution in [2.75, 3.05) is 6.54 Å². The Morgan fingerprint density at radius 3 is 2.00 bits per heavy atom. The first-order chi connectivity index (χ1) is 13.7. The molecule has 0 radical (unpaired) electrons. The highest BCUT2D eigenvalue weighted by atomic mass is 16.3. The molecule has 1 atom stereocenters. The Labute approximate surface area is 166 Å². The molecule has 4 heteroatoms. The molecule has 1 aliphatic carbocycles. The van der Waals surface area contributed by atoms with E-state index in [1.54, 1.807) is 24.8 Å². The topological polar surface area (TPSA) is 49.2 Å². The van der Waals surface area contributed by atoms with E-state index < -0.39 is 5.60 Å². The summed E-state index contributed by atoms with van der Waals surface area (Å²) < 4.78 is 0. The summed E-state index contributed by atoms with van der Waals surface area (Å²) in [6.45, 7) is 3.05. The minimum atomic E-state index is -1.25. The van der Waals surface area contributed by atoms with Crippen molar-refractivity contribution in [3.05, 3.63) is 96.1 Å². The number of pyridine rings is 2. The van der Waals surface area contributed by atoms with Gasteiger partial charge in [-0.05, 0) is 37.1 Å². The van der Waals surface area contributed by atoms with Gasteiger partial charge < -0.3 is 5.11 Å². The smallest absolute Gasteiger partial charge is 0.137 e. The molecular weight excluding hydrogens is 346 g/mol. The molecule has 1 saturated carbocycles. The highest BCUT2D eigenvalue weighted by Gasteiger charge is 2.46. The molecule has 1 fully saturated rings. The van der Waals surface area contributed by atoms with Gasteiger partial charge in [0.05, 0.1) is 6.04 Å². The second-order valence-electron chi connectivity index (χ2n) is 7.48. The van der Waals surface area contributed by atoms with Crippen molar-refractivity contribution in [3.63, 3.8) is 0 Å². The van der Waals surface area contributed by atoms with E-state index in [1.807, 2.05) is 42.5 Å². The fourth-order valence-electron chi connectivity index (χ4n) is 4.34. The van der Waals surface area contributed by atoms with Crippen LogP contribution in [0.5, 0.6) is 0 Å². The Bertz CT molecular complexity index is 827. The van der Waals surface area contributed by atoms with Crippen molar-refractivity contribution in [1.82, 2.24) is 14.9 Å². The molecule has 1 N–H and O–H groups in total. The van der Waals surface area contributed by atoms with Crippen LogP contribution in [-0.4, -0.2) is 32.6 Å². The lowest BCUT2D eigenvalue weighted by Gasteiger charge is -2.49. The molecule has 0 bridgehead atoms. The fourth-order valence-corrected chi connectivity index (χ4v) is 4.34. The molecule has 3 aromatic rings. The van der Waals surface area contributed by atoms with Gasteiger partial charge in [-0.15, -0.1) is 0 Å². The molecule has 1 aromatic carbocycles. The zero-order chi connectivity index (χ0) is 19.4. The molecule has 0 aliphatic heterocycles. The molecule has 144 valence electrons. The van der Waals surface area contributed by atoms with E-state index >= 15 is 0 Å². The molecule has 28 heavy (non-hydrogen) atoms. The third-order valence-electron chi connectivity index (χ3n) is 5.95. The van der Waals surface area contributed by atoms with Crippen molar-refractivity contribution >= 4 is 0 Å². The molecule has 0 saturated heterocycles. The lowest BCUT2D eigenvalue weighted by Crippen LogP contribution is -2.51. The van der Waals surface area contributed by atoms with Crippen molar-refractivity contribution in [2.45, 2.75) is 43.9 Å². The van der Waals surface area contributed by atoms with Crippen molar-refractivity contribution in [2.24, 2.45) is 0 Å². The molecule has 2 aromatic heterocycles. The Morgan fingerprint density at radius 1 is 0.964 bits per heavy atom. The molecule has 0 amide bonds. The number of aliphatic hydroxyl groups is 1. The lowest BCUT2D eigenvalue weighted by molar-refractivity contribution is -0.0522. The summed E-state index contributed by atoms with van der Waals surface area (Å²) in [6.07, 6.45) is 10.6. The van der Waals surface area contributed by atoms with Gasteiger partial charge in [0.1, 0.15) is 5.60 Å². The van der Waals surface area contributed by atoms with Crippen LogP contribution in [-0.2, 0) is 5.60 Å². The second-order valence-corrected chi connectivity index (χ2v) is 7.48. The first-order valence-electron chi connectivity index (χ1n) is 10.1. The van der Waals surface area contributed by atoms with Crippen LogP contribution in [0.25, 0.3) is 0 Å². The quantitative estimate of drug-likeness (QED) is 0.670. The predicted molar refractivity (Wildman–Crippen MR) is 111 cm³/mol. The predicted octanol–water partition coefficient (Wildman–Crippen LogP) is 4.33. The number of nitrogens with zero attached hydrogens (tertiary/aromatic N) is 3. The minimum Gasteiger partial charge on any atom is -0.378 e. The summed E-state index contributed by atoms with van der Waals surface area (Å²) in [5.74, 6) is 0. The number of hydrogen-bond donors (Lipinski definition) is 1. The third-order valence-corrected chi connectivity index (χ3v) is 5.95. The number of aromatic nitrogens is 2. The average molecular weight is 374 g/mol. The largest absolute Gasteiger partial charge is 0.378 e. The van der Waals surface area contributed by atoms with E-state index in [0.29, 0.717) is 6.04 Å². The Hall–Kier alpha value is -2.56. The van der Waals surface area contributed by atoms with Crippen LogP contribution in [0, 0.1) is 0 Å². The zero-order valence-corrected chi connectivity index (χ0v) is 16.3. The van der Waals surface area contributed by atoms with E-state index in [0.717, 1.165) is 23.2 Å². The summed E-state index contributed by atoms with van der Waals surface area (Å²) >= 11 is 0. The van der Waals surface area contributed by atoms with Crippen LogP contribution in [0.1, 0.15) is 48.9 Å². The van der Waals surface area contributed by atoms with E-state index in [-0.39, 0.29) is 6.04 Å². The number of likely N-dealkylation sites (N-methyl/N-ethyl adjacent to an activating group) is 1. The van der Waals surface area contributed by atoms with Crippen molar-refractivity contribution < 1.29 is 5.11 Å². The number of hydrogen-bond acceptors (Lipinski definition) is 4. The van der Waals surface area contributed by atoms with Gasteiger partial charge >= 0.3 is 0 Å². The Kier molecular flexibility index (Phi) is 5.51. The summed E-state index contributed by atoms with van der Waals surface area (Å²) in [5, 5.41) is 12.4. The molecule has 4 rings (SSSR count). The maximum atomic E-state index is 12.4. The average Bonchev–Trinajstić information content (AvgIpc) is 2.73. The number of benzene rings is 1. The third kappa shape index (κ3) is 3.34. The van der Waals surface area contributed by atoms with Crippen molar-refractivity contribution in [1.29, 1.82) is 0 Å². The van der Waals surface area contributed by atoms with Gasteiger partial charge in [-0.3, -0.25) is 14.9 Å². The molecule has 0 spiro atoms. The highest BCUT2D eigenvalue weighted by molar-refractivity contribution is 5.39. The Morgan fingerprint density at radius 2 is 1.57 bits per heavy atom. The summed E-state index contributed by atoms with van der Waals surface area (Å²) in [7, 11) is 0. The van der Waals surface area contributed by atoms with Crippen LogP contribution in [0.2, 0.25) is 0 Å². The van der Waals surface area contributed by atoms with Crippen LogP contribution >= 0.6 is 0 Å². The van der Waals surface area contributed by atoms with Gasteiger partial charge in [0.2, 0.25) is 0 Å². The van der Waals surface area contributed by atoms with E-state index in [4.69, 9.17) is 0 Å². The van der Waals surface area contributed by atoms with Gasteiger partial charge in [-0.1, -0.05) is 55.8 Å². The van der Waals surface area contributed by atoms with Gasteiger partial charge in [-0.25, -0.2) is 0 Å². The summed E-state index contributed by atoms with van der Waals surface area (Å²) in [5.41, 5.74) is 1.42. The zero-order valence-electron chi connectivity index (χ0n) is 16.3. The Balaban J connectivity index is 1.93. The SMILES string of the molecule is CCN(C1CCC1)C(c1ccccc1)C(O)(c1cccnc1)c1cccnc1. The molecule has 1 unspecified atom stereocenters. The van der Waals surface area contributed by atoms with E-state index in [9.17, 15) is 5.11 Å². The van der Waals surface area contributed by atoms with Gasteiger partial charge in [0.25, 0.3) is 0 Å². The van der Waals surface area contributed by atoms with Crippen LogP contribution in [0.4, 0.5) is 0 Å². The maximum Gasteiger partial charge on any atom is 0.137 e. The molecule has 2 heterocycles. The molecule has 4 nitrogen and oxygen atoms in total. The van der Waals surface area contributed by atoms with E-state index in [1.165, 1.54) is 19.3 Å². The van der Waals surface area contributed by atoms with Crippen LogP contribution < -0.4 is 0 Å². The fraction of sp³-hybridized carbons (Fsp3) is 0.333. The lowest BCUT2D eigenvalue weighted by atomic mass is 9.75. The standard InChI is InChI=1S/C24H27N3O/c1-2-27(22-13-6-14-22)23(19-9-4-3-5-10-19)24(28,20-11-7-15-25-17-20)21-12-8-16-26-18-21/h3-5,7-12,15-18,22-23,28H,2,6,13-14H2,1H3. The normalized spacial score (nSPS) is 16.0. The molecular formula is C24H27N3O. The molecule has 1 aliphatic rings. The second kappa shape index (κ2) is 8.21. The first kappa shape index (κ1) is 18.8. The minimum absolute atomic E-state index is 0.225. The summed E-state index contributed by atoms with van der Waals surface area (Å²) in [6, 6.07) is 18.3. The monoisotopic (exact) mass is 373 g/mol. The van der Waals surface area contributed by atoms with Crippen LogP contribution in [0.3, 0.4) is 0 Å². The van der Waals surface area contributed by atoms with Gasteiger partial charge in [0.15, 0.2) is 0 Å².